The molecule has 2 aliphatic heterocycles. The van der Waals surface area contributed by atoms with Gasteiger partial charge in [-0.05, 0) is 50.5 Å². The van der Waals surface area contributed by atoms with E-state index < -0.39 is 0 Å². The summed E-state index contributed by atoms with van der Waals surface area (Å²) in [5.74, 6) is 1.19. The van der Waals surface area contributed by atoms with Crippen molar-refractivity contribution in [1.29, 1.82) is 0 Å². The summed E-state index contributed by atoms with van der Waals surface area (Å²) < 4.78 is 5.57. The van der Waals surface area contributed by atoms with E-state index in [-0.39, 0.29) is 17.4 Å². The molecule has 3 atom stereocenters. The van der Waals surface area contributed by atoms with E-state index >= 15 is 0 Å². The first-order valence-electron chi connectivity index (χ1n) is 10.7. The van der Waals surface area contributed by atoms with Crippen molar-refractivity contribution in [1.82, 2.24) is 15.4 Å². The third-order valence-electron chi connectivity index (χ3n) is 6.92. The van der Waals surface area contributed by atoms with Gasteiger partial charge in [0, 0.05) is 24.2 Å². The highest BCUT2D eigenvalue weighted by Crippen LogP contribution is 2.52. The van der Waals surface area contributed by atoms with Crippen LogP contribution in [-0.4, -0.2) is 34.1 Å². The van der Waals surface area contributed by atoms with Crippen LogP contribution in [0.5, 0.6) is 0 Å². The van der Waals surface area contributed by atoms with Crippen molar-refractivity contribution in [3.8, 4) is 0 Å². The Labute approximate surface area is 166 Å². The van der Waals surface area contributed by atoms with Crippen molar-refractivity contribution in [2.75, 3.05) is 0 Å². The van der Waals surface area contributed by atoms with E-state index in [2.05, 4.69) is 52.6 Å². The van der Waals surface area contributed by atoms with Gasteiger partial charge in [0.25, 0.3) is 0 Å². The van der Waals surface area contributed by atoms with Crippen LogP contribution in [0.15, 0.2) is 40.9 Å². The smallest absolute Gasteiger partial charge is 0.228 e. The molecule has 1 N–H and O–H groups in total. The molecule has 3 aliphatic rings. The van der Waals surface area contributed by atoms with Crippen LogP contribution >= 0.6 is 0 Å². The second-order valence-electron chi connectivity index (χ2n) is 8.83. The Morgan fingerprint density at radius 3 is 2.79 bits per heavy atom. The minimum atomic E-state index is -0.333. The number of amides is 1. The summed E-state index contributed by atoms with van der Waals surface area (Å²) in [5, 5.41) is 7.49. The van der Waals surface area contributed by atoms with E-state index in [1.54, 1.807) is 0 Å². The highest BCUT2D eigenvalue weighted by atomic mass is 16.5. The Kier molecular flexibility index (Phi) is 4.50. The summed E-state index contributed by atoms with van der Waals surface area (Å²) in [7, 11) is 0. The number of carbonyl (C=O) groups excluding carboxylic acids is 1. The van der Waals surface area contributed by atoms with Gasteiger partial charge in [-0.15, -0.1) is 0 Å². The highest BCUT2D eigenvalue weighted by molar-refractivity contribution is 5.85. The Hall–Kier alpha value is -2.14. The number of benzene rings is 1. The molecule has 2 aromatic rings. The van der Waals surface area contributed by atoms with Crippen LogP contribution in [0.25, 0.3) is 0 Å². The maximum Gasteiger partial charge on any atom is 0.228 e. The fourth-order valence-corrected chi connectivity index (χ4v) is 5.35. The summed E-state index contributed by atoms with van der Waals surface area (Å²) >= 11 is 0. The van der Waals surface area contributed by atoms with E-state index in [0.29, 0.717) is 12.1 Å². The molecule has 2 bridgehead atoms. The van der Waals surface area contributed by atoms with E-state index in [4.69, 9.17) is 4.52 Å². The fraction of sp³-hybridized carbons (Fsp3) is 0.565. The molecule has 0 spiro atoms. The number of rotatable bonds is 7. The standard InChI is InChI=1S/C23H29N3O2/c1-2-17-12-20(28-25-17)15-26-19-10-11-21(26)23(14-19,22(27)24-18-8-9-18)13-16-6-4-3-5-7-16/h3-7,12,18-19,21H,2,8-11,13-15H2,1H3,(H,24,27)/t19-,21+,23+/m0/s1. The quantitative estimate of drug-likeness (QED) is 0.800. The average Bonchev–Trinajstić information content (AvgIpc) is 3.16. The molecule has 28 heavy (non-hydrogen) atoms. The molecule has 1 aromatic carbocycles. The first kappa shape index (κ1) is 17.9. The summed E-state index contributed by atoms with van der Waals surface area (Å²) in [6.07, 6.45) is 7.17. The van der Waals surface area contributed by atoms with Crippen LogP contribution in [0, 0.1) is 5.41 Å². The number of hydrogen-bond acceptors (Lipinski definition) is 4. The first-order chi connectivity index (χ1) is 13.7. The average molecular weight is 380 g/mol. The molecular weight excluding hydrogens is 350 g/mol. The SMILES string of the molecule is CCc1cc(CN2[C@H]3CC[C@@H]2[C@](Cc2ccccc2)(C(=O)NC2CC2)C3)on1. The van der Waals surface area contributed by atoms with Crippen molar-refractivity contribution in [3.05, 3.63) is 53.4 Å². The molecule has 1 aromatic heterocycles. The highest BCUT2D eigenvalue weighted by Gasteiger charge is 2.60. The number of aryl methyl sites for hydroxylation is 1. The molecule has 2 saturated heterocycles. The second kappa shape index (κ2) is 7.03. The van der Waals surface area contributed by atoms with Crippen molar-refractivity contribution < 1.29 is 9.32 Å². The Bertz CT molecular complexity index is 845. The predicted molar refractivity (Wildman–Crippen MR) is 107 cm³/mol. The lowest BCUT2D eigenvalue weighted by molar-refractivity contribution is -0.133. The molecule has 0 unspecified atom stereocenters. The third-order valence-corrected chi connectivity index (χ3v) is 6.92. The van der Waals surface area contributed by atoms with Gasteiger partial charge in [-0.25, -0.2) is 0 Å². The topological polar surface area (TPSA) is 58.4 Å². The van der Waals surface area contributed by atoms with E-state index in [0.717, 1.165) is 56.5 Å². The third kappa shape index (κ3) is 3.16. The Morgan fingerprint density at radius 2 is 2.07 bits per heavy atom. The minimum absolute atomic E-state index is 0.267. The Balaban J connectivity index is 1.42. The van der Waals surface area contributed by atoms with E-state index in [9.17, 15) is 4.79 Å². The molecule has 148 valence electrons. The fourth-order valence-electron chi connectivity index (χ4n) is 5.35. The molecule has 5 heteroatoms. The van der Waals surface area contributed by atoms with Crippen molar-refractivity contribution >= 4 is 5.91 Å². The zero-order valence-electron chi connectivity index (χ0n) is 16.6. The maximum atomic E-state index is 13.5. The van der Waals surface area contributed by atoms with Gasteiger partial charge in [0.2, 0.25) is 5.91 Å². The normalized spacial score (nSPS) is 29.3. The first-order valence-corrected chi connectivity index (χ1v) is 10.7. The molecule has 5 rings (SSSR count). The maximum absolute atomic E-state index is 13.5. The van der Waals surface area contributed by atoms with E-state index in [1.165, 1.54) is 12.0 Å². The van der Waals surface area contributed by atoms with Gasteiger partial charge in [0.1, 0.15) is 0 Å². The number of nitrogens with zero attached hydrogens (tertiary/aromatic N) is 2. The second-order valence-corrected chi connectivity index (χ2v) is 8.83. The lowest BCUT2D eigenvalue weighted by Gasteiger charge is -2.36. The van der Waals surface area contributed by atoms with Gasteiger partial charge >= 0.3 is 0 Å². The van der Waals surface area contributed by atoms with Crippen molar-refractivity contribution in [2.24, 2.45) is 5.41 Å². The number of fused-ring (bicyclic) bond motifs is 2. The number of carbonyl (C=O) groups is 1. The lowest BCUT2D eigenvalue weighted by atomic mass is 9.69. The van der Waals surface area contributed by atoms with Gasteiger partial charge in [0.15, 0.2) is 5.76 Å². The molecule has 1 amide bonds. The van der Waals surface area contributed by atoms with Crippen LogP contribution < -0.4 is 5.32 Å². The molecule has 3 heterocycles. The minimum Gasteiger partial charge on any atom is -0.360 e. The van der Waals surface area contributed by atoms with Gasteiger partial charge in [0.05, 0.1) is 17.7 Å². The molecule has 1 saturated carbocycles. The van der Waals surface area contributed by atoms with Gasteiger partial charge in [-0.1, -0.05) is 42.4 Å². The lowest BCUT2D eigenvalue weighted by Crippen LogP contribution is -2.51. The Morgan fingerprint density at radius 1 is 1.25 bits per heavy atom. The van der Waals surface area contributed by atoms with Crippen molar-refractivity contribution in [2.45, 2.75) is 76.5 Å². The summed E-state index contributed by atoms with van der Waals surface area (Å²) in [6.45, 7) is 2.85. The number of aromatic nitrogens is 1. The van der Waals surface area contributed by atoms with Gasteiger partial charge in [-0.3, -0.25) is 9.69 Å². The van der Waals surface area contributed by atoms with Crippen LogP contribution in [0.2, 0.25) is 0 Å². The molecule has 5 nitrogen and oxygen atoms in total. The molecule has 1 aliphatic carbocycles. The monoisotopic (exact) mass is 379 g/mol. The van der Waals surface area contributed by atoms with Crippen molar-refractivity contribution in [3.63, 3.8) is 0 Å². The predicted octanol–water partition coefficient (Wildman–Crippen LogP) is 3.48. The molecular formula is C23H29N3O2. The molecule has 0 radical (unpaired) electrons. The zero-order valence-corrected chi connectivity index (χ0v) is 16.6. The van der Waals surface area contributed by atoms with Gasteiger partial charge < -0.3 is 9.84 Å². The van der Waals surface area contributed by atoms with Gasteiger partial charge in [-0.2, -0.15) is 0 Å². The van der Waals surface area contributed by atoms with E-state index in [1.807, 2.05) is 6.07 Å². The summed E-state index contributed by atoms with van der Waals surface area (Å²) in [4.78, 5) is 16.0. The van der Waals surface area contributed by atoms with Crippen LogP contribution in [0.3, 0.4) is 0 Å². The summed E-state index contributed by atoms with van der Waals surface area (Å²) in [5.41, 5.74) is 1.93. The molecule has 3 fully saturated rings. The largest absolute Gasteiger partial charge is 0.360 e. The van der Waals surface area contributed by atoms with Crippen LogP contribution in [0.1, 0.15) is 56.0 Å². The van der Waals surface area contributed by atoms with Crippen LogP contribution in [-0.2, 0) is 24.2 Å². The van der Waals surface area contributed by atoms with Crippen LogP contribution in [0.4, 0.5) is 0 Å². The zero-order chi connectivity index (χ0) is 19.1. The number of nitrogens with one attached hydrogen (secondary N) is 1. The summed E-state index contributed by atoms with van der Waals surface area (Å²) in [6, 6.07) is 13.7. The number of hydrogen-bond donors (Lipinski definition) is 1.